The molecule has 0 saturated carbocycles. The molecule has 0 aliphatic rings. The maximum atomic E-state index is 12.0. The van der Waals surface area contributed by atoms with Crippen molar-refractivity contribution < 1.29 is 15.0 Å². The summed E-state index contributed by atoms with van der Waals surface area (Å²) < 4.78 is 0. The number of hydrogen-bond acceptors (Lipinski definition) is 5. The Kier molecular flexibility index (Phi) is 5.32. The first kappa shape index (κ1) is 15.0. The predicted molar refractivity (Wildman–Crippen MR) is 80.0 cm³/mol. The third-order valence-corrected chi connectivity index (χ3v) is 3.58. The monoisotopic (exact) mass is 302 g/mol. The van der Waals surface area contributed by atoms with Crippen molar-refractivity contribution in [2.75, 3.05) is 6.61 Å². The lowest BCUT2D eigenvalue weighted by molar-refractivity contribution is 0.0948. The molecule has 2 rings (SSSR count). The summed E-state index contributed by atoms with van der Waals surface area (Å²) in [6.45, 7) is 0.367. The molecule has 2 heterocycles. The van der Waals surface area contributed by atoms with E-state index >= 15 is 0 Å². The van der Waals surface area contributed by atoms with Crippen molar-refractivity contribution in [2.45, 2.75) is 13.0 Å². The van der Waals surface area contributed by atoms with Gasteiger partial charge < -0.3 is 15.5 Å². The van der Waals surface area contributed by atoms with E-state index in [0.717, 1.165) is 10.4 Å². The average molecular weight is 302 g/mol. The van der Waals surface area contributed by atoms with Crippen molar-refractivity contribution in [3.63, 3.8) is 0 Å². The molecule has 0 fully saturated rings. The van der Waals surface area contributed by atoms with Crippen molar-refractivity contribution in [3.8, 4) is 17.6 Å². The number of amides is 1. The van der Waals surface area contributed by atoms with Crippen LogP contribution in [-0.4, -0.2) is 27.7 Å². The molecule has 1 amide bonds. The Bertz CT molecular complexity index is 685. The number of nitrogens with one attached hydrogen (secondary N) is 1. The van der Waals surface area contributed by atoms with Crippen LogP contribution in [0.15, 0.2) is 29.9 Å². The van der Waals surface area contributed by atoms with Gasteiger partial charge in [-0.1, -0.05) is 11.8 Å². The molecular formula is C15H14N2O3S. The summed E-state index contributed by atoms with van der Waals surface area (Å²) in [6, 6.07) is 3.33. The molecule has 0 saturated heterocycles. The van der Waals surface area contributed by atoms with E-state index < -0.39 is 0 Å². The fourth-order valence-corrected chi connectivity index (χ4v) is 2.41. The molecule has 0 aliphatic heterocycles. The lowest BCUT2D eigenvalue weighted by Gasteiger charge is -2.05. The smallest absolute Gasteiger partial charge is 0.255 e. The Hall–Kier alpha value is -2.36. The number of hydrogen-bond donors (Lipinski definition) is 3. The van der Waals surface area contributed by atoms with E-state index in [9.17, 15) is 9.90 Å². The number of rotatable bonds is 4. The van der Waals surface area contributed by atoms with Crippen LogP contribution in [0.2, 0.25) is 0 Å². The zero-order valence-electron chi connectivity index (χ0n) is 11.2. The number of aromatic nitrogens is 1. The zero-order valence-corrected chi connectivity index (χ0v) is 12.0. The first-order valence-electron chi connectivity index (χ1n) is 6.29. The van der Waals surface area contributed by atoms with Gasteiger partial charge in [-0.25, -0.2) is 0 Å². The molecule has 0 bridgehead atoms. The molecule has 6 heteroatoms. The number of pyridine rings is 1. The normalized spacial score (nSPS) is 9.76. The third-order valence-electron chi connectivity index (χ3n) is 2.66. The van der Waals surface area contributed by atoms with Gasteiger partial charge in [-0.15, -0.1) is 11.3 Å². The first-order chi connectivity index (χ1) is 10.2. The number of aromatic hydroxyl groups is 1. The van der Waals surface area contributed by atoms with Crippen LogP contribution in [0, 0.1) is 11.8 Å². The SMILES string of the molecule is O=C(NCc1sccc1C#CCCO)c1ccncc1O. The number of thiophene rings is 1. The summed E-state index contributed by atoms with van der Waals surface area (Å²) in [5.74, 6) is 5.30. The Labute approximate surface area is 126 Å². The Morgan fingerprint density at radius 2 is 2.29 bits per heavy atom. The molecule has 3 N–H and O–H groups in total. The van der Waals surface area contributed by atoms with Crippen LogP contribution in [0.5, 0.6) is 5.75 Å². The molecule has 0 aliphatic carbocycles. The average Bonchev–Trinajstić information content (AvgIpc) is 2.93. The van der Waals surface area contributed by atoms with Crippen molar-refractivity contribution in [3.05, 3.63) is 45.9 Å². The van der Waals surface area contributed by atoms with Gasteiger partial charge in [-0.2, -0.15) is 0 Å². The minimum Gasteiger partial charge on any atom is -0.505 e. The Morgan fingerprint density at radius 1 is 1.43 bits per heavy atom. The second-order valence-corrected chi connectivity index (χ2v) is 5.11. The van der Waals surface area contributed by atoms with Crippen LogP contribution in [0.25, 0.3) is 0 Å². The lowest BCUT2D eigenvalue weighted by Crippen LogP contribution is -2.22. The highest BCUT2D eigenvalue weighted by Gasteiger charge is 2.11. The second kappa shape index (κ2) is 7.43. The molecule has 5 nitrogen and oxygen atoms in total. The highest BCUT2D eigenvalue weighted by Crippen LogP contribution is 2.17. The topological polar surface area (TPSA) is 82.5 Å². The lowest BCUT2D eigenvalue weighted by atomic mass is 10.2. The van der Waals surface area contributed by atoms with E-state index in [0.29, 0.717) is 13.0 Å². The fraction of sp³-hybridized carbons (Fsp3) is 0.200. The molecule has 2 aromatic rings. The molecule has 2 aromatic heterocycles. The van der Waals surface area contributed by atoms with Gasteiger partial charge in [0.05, 0.1) is 24.9 Å². The summed E-state index contributed by atoms with van der Waals surface area (Å²) in [5, 5.41) is 22.9. The standard InChI is InChI=1S/C15H14N2O3S/c18-7-2-1-3-11-5-8-21-14(11)10-17-15(20)12-4-6-16-9-13(12)19/h4-6,8-9,18-19H,2,7,10H2,(H,17,20). The largest absolute Gasteiger partial charge is 0.505 e. The summed E-state index contributed by atoms with van der Waals surface area (Å²) >= 11 is 1.49. The number of carbonyl (C=O) groups excluding carboxylic acids is 1. The minimum atomic E-state index is -0.363. The molecule has 0 spiro atoms. The second-order valence-electron chi connectivity index (χ2n) is 4.11. The van der Waals surface area contributed by atoms with E-state index in [4.69, 9.17) is 5.11 Å². The first-order valence-corrected chi connectivity index (χ1v) is 7.17. The minimum absolute atomic E-state index is 0.0323. The van der Waals surface area contributed by atoms with E-state index in [1.165, 1.54) is 29.8 Å². The molecule has 108 valence electrons. The van der Waals surface area contributed by atoms with E-state index in [1.807, 2.05) is 11.4 Å². The summed E-state index contributed by atoms with van der Waals surface area (Å²) in [6.07, 6.45) is 3.10. The van der Waals surface area contributed by atoms with Gasteiger partial charge in [0, 0.05) is 23.1 Å². The van der Waals surface area contributed by atoms with E-state index in [2.05, 4.69) is 22.1 Å². The molecule has 0 unspecified atom stereocenters. The van der Waals surface area contributed by atoms with E-state index in [1.54, 1.807) is 0 Å². The van der Waals surface area contributed by atoms with Gasteiger partial charge in [0.2, 0.25) is 0 Å². The molecule has 0 radical (unpaired) electrons. The van der Waals surface area contributed by atoms with E-state index in [-0.39, 0.29) is 23.8 Å². The summed E-state index contributed by atoms with van der Waals surface area (Å²) in [5.41, 5.74) is 1.03. The summed E-state index contributed by atoms with van der Waals surface area (Å²) in [4.78, 5) is 16.6. The quantitative estimate of drug-likeness (QED) is 0.748. The van der Waals surface area contributed by atoms with Gasteiger partial charge in [0.1, 0.15) is 5.75 Å². The Balaban J connectivity index is 2.01. The van der Waals surface area contributed by atoms with Crippen LogP contribution in [-0.2, 0) is 6.54 Å². The van der Waals surface area contributed by atoms with Crippen molar-refractivity contribution >= 4 is 17.2 Å². The van der Waals surface area contributed by atoms with Crippen LogP contribution < -0.4 is 5.32 Å². The van der Waals surface area contributed by atoms with Gasteiger partial charge in [0.15, 0.2) is 0 Å². The molecule has 21 heavy (non-hydrogen) atoms. The maximum Gasteiger partial charge on any atom is 0.255 e. The van der Waals surface area contributed by atoms with Crippen LogP contribution in [0.1, 0.15) is 27.2 Å². The van der Waals surface area contributed by atoms with Crippen LogP contribution in [0.4, 0.5) is 0 Å². The predicted octanol–water partition coefficient (Wildman–Crippen LogP) is 1.51. The highest BCUT2D eigenvalue weighted by atomic mass is 32.1. The highest BCUT2D eigenvalue weighted by molar-refractivity contribution is 7.10. The number of carbonyl (C=O) groups is 1. The number of nitrogens with zero attached hydrogens (tertiary/aromatic N) is 1. The van der Waals surface area contributed by atoms with Gasteiger partial charge in [-0.05, 0) is 17.5 Å². The summed E-state index contributed by atoms with van der Waals surface area (Å²) in [7, 11) is 0. The Morgan fingerprint density at radius 3 is 3.05 bits per heavy atom. The van der Waals surface area contributed by atoms with Crippen molar-refractivity contribution in [1.29, 1.82) is 0 Å². The van der Waals surface area contributed by atoms with Gasteiger partial charge in [-0.3, -0.25) is 9.78 Å². The van der Waals surface area contributed by atoms with Gasteiger partial charge in [0.25, 0.3) is 5.91 Å². The molecule has 0 atom stereocenters. The fourth-order valence-electron chi connectivity index (χ4n) is 1.64. The third kappa shape index (κ3) is 4.05. The maximum absolute atomic E-state index is 12.0. The molecular weight excluding hydrogens is 288 g/mol. The van der Waals surface area contributed by atoms with Gasteiger partial charge >= 0.3 is 0 Å². The van der Waals surface area contributed by atoms with Crippen molar-refractivity contribution in [2.24, 2.45) is 0 Å². The number of aliphatic hydroxyl groups is 1. The zero-order chi connectivity index (χ0) is 15.1. The van der Waals surface area contributed by atoms with Crippen LogP contribution in [0.3, 0.4) is 0 Å². The molecule has 0 aromatic carbocycles. The number of aliphatic hydroxyl groups excluding tert-OH is 1. The van der Waals surface area contributed by atoms with Crippen molar-refractivity contribution in [1.82, 2.24) is 10.3 Å². The van der Waals surface area contributed by atoms with Crippen LogP contribution >= 0.6 is 11.3 Å².